The largest absolute Gasteiger partial charge is 0.458 e. The fraction of sp³-hybridized carbons (Fsp3) is 0.679. The van der Waals surface area contributed by atoms with Crippen LogP contribution in [0, 0.1) is 23.2 Å². The molecule has 3 N–H and O–H groups in total. The van der Waals surface area contributed by atoms with Crippen molar-refractivity contribution in [1.82, 2.24) is 0 Å². The van der Waals surface area contributed by atoms with Crippen molar-refractivity contribution in [2.75, 3.05) is 6.61 Å². The number of epoxide rings is 1. The topological polar surface area (TPSA) is 109 Å². The Bertz CT molecular complexity index is 1120. The fourth-order valence-corrected chi connectivity index (χ4v) is 9.03. The van der Waals surface area contributed by atoms with Crippen LogP contribution >= 0.6 is 0 Å². The number of cyclic esters (lactones) is 1. The molecule has 6 aliphatic rings. The van der Waals surface area contributed by atoms with E-state index < -0.39 is 34.4 Å². The minimum atomic E-state index is -1.51. The zero-order valence-corrected chi connectivity index (χ0v) is 20.3. The Labute approximate surface area is 205 Å². The molecular weight excluding hydrogens is 448 g/mol. The normalized spacial score (nSPS) is 49.3. The Morgan fingerprint density at radius 2 is 1.94 bits per heavy atom. The monoisotopic (exact) mass is 482 g/mol. The molecule has 188 valence electrons. The number of benzene rings is 1. The van der Waals surface area contributed by atoms with Gasteiger partial charge in [0.15, 0.2) is 0 Å². The zero-order valence-electron chi connectivity index (χ0n) is 20.3. The smallest absolute Gasteiger partial charge is 0.334 e. The van der Waals surface area contributed by atoms with E-state index in [4.69, 9.17) is 14.2 Å². The van der Waals surface area contributed by atoms with Crippen LogP contribution < -0.4 is 0 Å². The molecule has 4 fully saturated rings. The van der Waals surface area contributed by atoms with Crippen molar-refractivity contribution in [3.05, 3.63) is 47.0 Å². The molecule has 0 amide bonds. The minimum Gasteiger partial charge on any atom is -0.458 e. The third-order valence-electron chi connectivity index (χ3n) is 10.8. The maximum Gasteiger partial charge on any atom is 0.334 e. The summed E-state index contributed by atoms with van der Waals surface area (Å²) in [6.07, 6.45) is 0.840. The van der Waals surface area contributed by atoms with Crippen LogP contribution in [0.1, 0.15) is 51.5 Å². The van der Waals surface area contributed by atoms with Crippen molar-refractivity contribution in [1.29, 1.82) is 0 Å². The van der Waals surface area contributed by atoms with Gasteiger partial charge in [-0.15, -0.1) is 0 Å². The van der Waals surface area contributed by atoms with Gasteiger partial charge >= 0.3 is 5.97 Å². The van der Waals surface area contributed by atoms with Crippen LogP contribution in [0.15, 0.2) is 41.5 Å². The molecule has 0 bridgehead atoms. The maximum absolute atomic E-state index is 12.6. The Morgan fingerprint density at radius 3 is 2.63 bits per heavy atom. The van der Waals surface area contributed by atoms with Crippen molar-refractivity contribution in [2.24, 2.45) is 23.2 Å². The van der Waals surface area contributed by atoms with E-state index in [1.807, 2.05) is 44.2 Å². The highest BCUT2D eigenvalue weighted by molar-refractivity contribution is 5.92. The van der Waals surface area contributed by atoms with Crippen LogP contribution in [-0.2, 0) is 25.6 Å². The molecule has 2 spiro atoms. The first kappa shape index (κ1) is 22.4. The number of rotatable bonds is 4. The maximum atomic E-state index is 12.6. The number of ether oxygens (including phenoxy) is 3. The summed E-state index contributed by atoms with van der Waals surface area (Å²) in [7, 11) is 0. The number of aliphatic hydroxyl groups is 3. The summed E-state index contributed by atoms with van der Waals surface area (Å²) < 4.78 is 18.6. The van der Waals surface area contributed by atoms with Gasteiger partial charge in [-0.3, -0.25) is 0 Å². The lowest BCUT2D eigenvalue weighted by Gasteiger charge is -2.73. The average molecular weight is 483 g/mol. The van der Waals surface area contributed by atoms with Crippen LogP contribution in [0.25, 0.3) is 0 Å². The minimum absolute atomic E-state index is 0.211. The molecule has 3 saturated carbocycles. The molecule has 1 aromatic rings. The lowest BCUT2D eigenvalue weighted by molar-refractivity contribution is -0.354. The molecule has 35 heavy (non-hydrogen) atoms. The summed E-state index contributed by atoms with van der Waals surface area (Å²) >= 11 is 0. The molecule has 1 saturated heterocycles. The number of hydrogen-bond acceptors (Lipinski definition) is 7. The van der Waals surface area contributed by atoms with Crippen molar-refractivity contribution in [3.63, 3.8) is 0 Å². The standard InChI is InChI=1S/C28H34O7/c1-15(2)27(32)22(29)19-9-10-25(19)26(31)11-8-17-18(14-33-23(17)30)20(26)12-21-28(25,35-21)24(27)34-13-16-6-4-3-5-7-16/h3-7,15,19-22,24,29,31-32H,8-14H2,1-2H3. The molecule has 0 aromatic heterocycles. The molecule has 2 heterocycles. The first-order valence-corrected chi connectivity index (χ1v) is 13.1. The summed E-state index contributed by atoms with van der Waals surface area (Å²) in [6.45, 7) is 4.35. The number of carbonyl (C=O) groups excluding carboxylic acids is 1. The van der Waals surface area contributed by atoms with Gasteiger partial charge in [-0.2, -0.15) is 0 Å². The van der Waals surface area contributed by atoms with Gasteiger partial charge in [0.1, 0.15) is 23.9 Å². The van der Waals surface area contributed by atoms with Crippen molar-refractivity contribution in [2.45, 2.75) is 87.7 Å². The number of carbonyl (C=O) groups is 1. The quantitative estimate of drug-likeness (QED) is 0.446. The molecule has 7 rings (SSSR count). The van der Waals surface area contributed by atoms with Gasteiger partial charge in [0.25, 0.3) is 0 Å². The summed E-state index contributed by atoms with van der Waals surface area (Å²) in [5.41, 5.74) is -1.65. The van der Waals surface area contributed by atoms with E-state index in [1.54, 1.807) is 0 Å². The first-order chi connectivity index (χ1) is 16.7. The van der Waals surface area contributed by atoms with Crippen LogP contribution in [0.4, 0.5) is 0 Å². The van der Waals surface area contributed by atoms with Crippen LogP contribution in [-0.4, -0.2) is 63.0 Å². The number of aliphatic hydroxyl groups excluding tert-OH is 1. The van der Waals surface area contributed by atoms with E-state index in [-0.39, 0.29) is 43.0 Å². The highest BCUT2D eigenvalue weighted by Gasteiger charge is 2.91. The zero-order chi connectivity index (χ0) is 24.4. The Kier molecular flexibility index (Phi) is 4.46. The summed E-state index contributed by atoms with van der Waals surface area (Å²) in [5.74, 6) is -1.08. The van der Waals surface area contributed by atoms with Gasteiger partial charge < -0.3 is 29.5 Å². The second-order valence-electron chi connectivity index (χ2n) is 12.0. The second kappa shape index (κ2) is 6.95. The highest BCUT2D eigenvalue weighted by Crippen LogP contribution is 2.80. The fourth-order valence-electron chi connectivity index (χ4n) is 9.03. The van der Waals surface area contributed by atoms with E-state index in [9.17, 15) is 20.1 Å². The Hall–Kier alpha value is -1.77. The molecule has 2 aliphatic heterocycles. The molecule has 4 aliphatic carbocycles. The Morgan fingerprint density at radius 1 is 1.17 bits per heavy atom. The molecule has 1 aromatic carbocycles. The van der Waals surface area contributed by atoms with E-state index in [0.29, 0.717) is 31.3 Å². The second-order valence-corrected chi connectivity index (χ2v) is 12.0. The molecule has 7 heteroatoms. The predicted molar refractivity (Wildman–Crippen MR) is 124 cm³/mol. The third-order valence-corrected chi connectivity index (χ3v) is 10.8. The van der Waals surface area contributed by atoms with Gasteiger partial charge in [0.2, 0.25) is 0 Å². The van der Waals surface area contributed by atoms with Crippen LogP contribution in [0.2, 0.25) is 0 Å². The van der Waals surface area contributed by atoms with Crippen molar-refractivity contribution < 1.29 is 34.3 Å². The summed E-state index contributed by atoms with van der Waals surface area (Å²) in [4.78, 5) is 12.3. The van der Waals surface area contributed by atoms with Gasteiger partial charge in [-0.1, -0.05) is 44.2 Å². The number of esters is 1. The van der Waals surface area contributed by atoms with Gasteiger partial charge in [-0.05, 0) is 55.1 Å². The molecule has 9 unspecified atom stereocenters. The predicted octanol–water partition coefficient (Wildman–Crippen LogP) is 2.27. The lowest BCUT2D eigenvalue weighted by atomic mass is 9.33. The third kappa shape index (κ3) is 2.38. The van der Waals surface area contributed by atoms with Crippen molar-refractivity contribution in [3.8, 4) is 0 Å². The summed E-state index contributed by atoms with van der Waals surface area (Å²) in [6, 6.07) is 9.82. The van der Waals surface area contributed by atoms with E-state index >= 15 is 0 Å². The van der Waals surface area contributed by atoms with Crippen LogP contribution in [0.3, 0.4) is 0 Å². The van der Waals surface area contributed by atoms with E-state index in [0.717, 1.165) is 17.6 Å². The highest BCUT2D eigenvalue weighted by atomic mass is 16.7. The first-order valence-electron chi connectivity index (χ1n) is 13.1. The van der Waals surface area contributed by atoms with Gasteiger partial charge in [0.05, 0.1) is 24.4 Å². The molecule has 9 atom stereocenters. The van der Waals surface area contributed by atoms with Crippen LogP contribution in [0.5, 0.6) is 0 Å². The lowest BCUT2D eigenvalue weighted by Crippen LogP contribution is -2.84. The van der Waals surface area contributed by atoms with E-state index in [2.05, 4.69) is 0 Å². The average Bonchev–Trinajstić information content (AvgIpc) is 3.41. The van der Waals surface area contributed by atoms with E-state index in [1.165, 1.54) is 0 Å². The summed E-state index contributed by atoms with van der Waals surface area (Å²) in [5, 5.41) is 36.5. The SMILES string of the molecule is CC(C)C1(O)C(O)C2CCC23C2(O)CCC4=C(COC4=O)C2CC2OC23C1OCc1ccccc1. The van der Waals surface area contributed by atoms with Gasteiger partial charge in [-0.25, -0.2) is 4.79 Å². The molecule has 0 radical (unpaired) electrons. The van der Waals surface area contributed by atoms with Gasteiger partial charge in [0, 0.05) is 16.9 Å². The number of hydrogen-bond donors (Lipinski definition) is 3. The Balaban J connectivity index is 1.35. The molecular formula is C28H34O7. The van der Waals surface area contributed by atoms with Crippen molar-refractivity contribution >= 4 is 5.97 Å². The molecule has 7 nitrogen and oxygen atoms in total. The number of fused-ring (bicyclic) bond motifs is 2.